The van der Waals surface area contributed by atoms with Crippen LogP contribution in [-0.4, -0.2) is 32.8 Å². The highest BCUT2D eigenvalue weighted by molar-refractivity contribution is 5.54. The van der Waals surface area contributed by atoms with E-state index in [1.165, 1.54) is 11.3 Å². The molecule has 96 valence electrons. The number of benzene rings is 1. The Kier molecular flexibility index (Phi) is 6.01. The molecular weight excluding hydrogens is 212 g/mol. The monoisotopic (exact) mass is 236 g/mol. The molecule has 3 nitrogen and oxygen atoms in total. The van der Waals surface area contributed by atoms with Crippen LogP contribution in [0.15, 0.2) is 24.3 Å². The summed E-state index contributed by atoms with van der Waals surface area (Å²) < 4.78 is 5.24. The number of ether oxygens (including phenoxy) is 1. The second-order valence-electron chi connectivity index (χ2n) is 4.26. The van der Waals surface area contributed by atoms with Crippen LogP contribution in [0.3, 0.4) is 0 Å². The van der Waals surface area contributed by atoms with Gasteiger partial charge in [-0.1, -0.05) is 18.2 Å². The van der Waals surface area contributed by atoms with Crippen molar-refractivity contribution >= 4 is 5.69 Å². The lowest BCUT2D eigenvalue weighted by Gasteiger charge is -2.31. The summed E-state index contributed by atoms with van der Waals surface area (Å²) in [5.74, 6) is 0. The summed E-state index contributed by atoms with van der Waals surface area (Å²) in [6, 6.07) is 8.86. The third-order valence-corrected chi connectivity index (χ3v) is 3.00. The summed E-state index contributed by atoms with van der Waals surface area (Å²) in [4.78, 5) is 2.37. The molecule has 0 saturated heterocycles. The van der Waals surface area contributed by atoms with Gasteiger partial charge in [-0.15, -0.1) is 0 Å². The highest BCUT2D eigenvalue weighted by Gasteiger charge is 2.15. The number of likely N-dealkylation sites (N-methyl/N-ethyl adjacent to an activating group) is 1. The molecule has 0 aromatic heterocycles. The van der Waals surface area contributed by atoms with Gasteiger partial charge in [0.2, 0.25) is 0 Å². The van der Waals surface area contributed by atoms with Crippen LogP contribution in [0.5, 0.6) is 0 Å². The normalized spacial score (nSPS) is 12.5. The van der Waals surface area contributed by atoms with Crippen molar-refractivity contribution in [1.29, 1.82) is 0 Å². The minimum atomic E-state index is 0.379. The van der Waals surface area contributed by atoms with Crippen LogP contribution in [0.4, 0.5) is 5.69 Å². The third kappa shape index (κ3) is 3.72. The molecule has 1 aromatic carbocycles. The molecule has 0 aliphatic heterocycles. The zero-order chi connectivity index (χ0) is 12.7. The van der Waals surface area contributed by atoms with Crippen LogP contribution in [0.25, 0.3) is 0 Å². The molecule has 0 aliphatic rings. The fourth-order valence-electron chi connectivity index (χ4n) is 2.21. The molecule has 1 aromatic rings. The number of nitrogens with two attached hydrogens (primary N) is 1. The first-order valence-electron chi connectivity index (χ1n) is 6.28. The molecule has 1 atom stereocenters. The van der Waals surface area contributed by atoms with Crippen LogP contribution in [0, 0.1) is 0 Å². The molecule has 0 radical (unpaired) electrons. The molecule has 0 aliphatic carbocycles. The van der Waals surface area contributed by atoms with E-state index in [1.54, 1.807) is 7.11 Å². The van der Waals surface area contributed by atoms with Crippen LogP contribution in [0.1, 0.15) is 19.4 Å². The van der Waals surface area contributed by atoms with Crippen molar-refractivity contribution in [2.75, 3.05) is 31.7 Å². The maximum atomic E-state index is 5.66. The Balaban J connectivity index is 2.93. The quantitative estimate of drug-likeness (QED) is 0.787. The Hall–Kier alpha value is -1.06. The standard InChI is InChI=1S/C14H24N2O/c1-4-16(12(2)11-17-3)14-8-6-5-7-13(14)9-10-15/h5-8,12H,4,9-11,15H2,1-3H3. The van der Waals surface area contributed by atoms with Crippen LogP contribution < -0.4 is 10.6 Å². The summed E-state index contributed by atoms with van der Waals surface area (Å²) in [5.41, 5.74) is 8.26. The Bertz CT molecular complexity index is 328. The Morgan fingerprint density at radius 2 is 2.06 bits per heavy atom. The second kappa shape index (κ2) is 7.30. The average molecular weight is 236 g/mol. The highest BCUT2D eigenvalue weighted by atomic mass is 16.5. The first kappa shape index (κ1) is 14.0. The van der Waals surface area contributed by atoms with Gasteiger partial charge >= 0.3 is 0 Å². The smallest absolute Gasteiger partial charge is 0.0663 e. The number of anilines is 1. The number of para-hydroxylation sites is 1. The van der Waals surface area contributed by atoms with E-state index in [2.05, 4.69) is 43.0 Å². The Morgan fingerprint density at radius 3 is 2.65 bits per heavy atom. The molecule has 0 heterocycles. The van der Waals surface area contributed by atoms with E-state index in [4.69, 9.17) is 10.5 Å². The minimum absolute atomic E-state index is 0.379. The first-order chi connectivity index (χ1) is 8.24. The number of methoxy groups -OCH3 is 1. The second-order valence-corrected chi connectivity index (χ2v) is 4.26. The molecule has 0 fully saturated rings. The fraction of sp³-hybridized carbons (Fsp3) is 0.571. The maximum absolute atomic E-state index is 5.66. The van der Waals surface area contributed by atoms with Crippen LogP contribution >= 0.6 is 0 Å². The van der Waals surface area contributed by atoms with E-state index >= 15 is 0 Å². The molecule has 1 unspecified atom stereocenters. The molecule has 0 amide bonds. The predicted molar refractivity (Wildman–Crippen MR) is 73.6 cm³/mol. The van der Waals surface area contributed by atoms with Gasteiger partial charge in [0.15, 0.2) is 0 Å². The molecule has 1 rings (SSSR count). The molecule has 17 heavy (non-hydrogen) atoms. The van der Waals surface area contributed by atoms with Crippen molar-refractivity contribution in [3.05, 3.63) is 29.8 Å². The van der Waals surface area contributed by atoms with E-state index in [1.807, 2.05) is 0 Å². The van der Waals surface area contributed by atoms with Crippen molar-refractivity contribution in [2.24, 2.45) is 5.73 Å². The van der Waals surface area contributed by atoms with E-state index in [0.717, 1.165) is 19.6 Å². The Labute approximate surface area is 105 Å². The molecular formula is C14H24N2O. The highest BCUT2D eigenvalue weighted by Crippen LogP contribution is 2.22. The molecule has 0 spiro atoms. The van der Waals surface area contributed by atoms with E-state index in [-0.39, 0.29) is 0 Å². The number of hydrogen-bond donors (Lipinski definition) is 1. The number of nitrogens with zero attached hydrogens (tertiary/aromatic N) is 1. The lowest BCUT2D eigenvalue weighted by Crippen LogP contribution is -2.36. The van der Waals surface area contributed by atoms with E-state index < -0.39 is 0 Å². The lowest BCUT2D eigenvalue weighted by molar-refractivity contribution is 0.182. The van der Waals surface area contributed by atoms with Gasteiger partial charge in [-0.2, -0.15) is 0 Å². The van der Waals surface area contributed by atoms with Gasteiger partial charge in [0, 0.05) is 25.4 Å². The maximum Gasteiger partial charge on any atom is 0.0663 e. The number of hydrogen-bond acceptors (Lipinski definition) is 3. The zero-order valence-electron chi connectivity index (χ0n) is 11.1. The van der Waals surface area contributed by atoms with Gasteiger partial charge in [0.05, 0.1) is 6.61 Å². The largest absolute Gasteiger partial charge is 0.383 e. The molecule has 0 saturated carbocycles. The van der Waals surface area contributed by atoms with Crippen molar-refractivity contribution in [2.45, 2.75) is 26.3 Å². The van der Waals surface area contributed by atoms with Gasteiger partial charge in [0.25, 0.3) is 0 Å². The van der Waals surface area contributed by atoms with Crippen molar-refractivity contribution in [3.8, 4) is 0 Å². The number of rotatable bonds is 7. The van der Waals surface area contributed by atoms with Gasteiger partial charge in [-0.3, -0.25) is 0 Å². The minimum Gasteiger partial charge on any atom is -0.383 e. The van der Waals surface area contributed by atoms with Crippen molar-refractivity contribution in [3.63, 3.8) is 0 Å². The molecule has 0 bridgehead atoms. The van der Waals surface area contributed by atoms with Gasteiger partial charge in [-0.25, -0.2) is 0 Å². The van der Waals surface area contributed by atoms with E-state index in [0.29, 0.717) is 12.6 Å². The zero-order valence-corrected chi connectivity index (χ0v) is 11.1. The lowest BCUT2D eigenvalue weighted by atomic mass is 10.1. The van der Waals surface area contributed by atoms with Crippen molar-refractivity contribution in [1.82, 2.24) is 0 Å². The van der Waals surface area contributed by atoms with Gasteiger partial charge in [-0.05, 0) is 38.4 Å². The van der Waals surface area contributed by atoms with Gasteiger partial charge in [0.1, 0.15) is 0 Å². The van der Waals surface area contributed by atoms with Crippen LogP contribution in [-0.2, 0) is 11.2 Å². The predicted octanol–water partition coefficient (Wildman–Crippen LogP) is 2.05. The summed E-state index contributed by atoms with van der Waals surface area (Å²) in [6.45, 7) is 6.77. The average Bonchev–Trinajstić information content (AvgIpc) is 2.33. The summed E-state index contributed by atoms with van der Waals surface area (Å²) >= 11 is 0. The van der Waals surface area contributed by atoms with Crippen molar-refractivity contribution < 1.29 is 4.74 Å². The third-order valence-electron chi connectivity index (χ3n) is 3.00. The fourth-order valence-corrected chi connectivity index (χ4v) is 2.21. The summed E-state index contributed by atoms with van der Waals surface area (Å²) in [6.07, 6.45) is 0.923. The summed E-state index contributed by atoms with van der Waals surface area (Å²) in [7, 11) is 1.75. The Morgan fingerprint density at radius 1 is 1.35 bits per heavy atom. The van der Waals surface area contributed by atoms with Gasteiger partial charge < -0.3 is 15.4 Å². The summed E-state index contributed by atoms with van der Waals surface area (Å²) in [5, 5.41) is 0. The molecule has 2 N–H and O–H groups in total. The first-order valence-corrected chi connectivity index (χ1v) is 6.28. The van der Waals surface area contributed by atoms with E-state index in [9.17, 15) is 0 Å². The molecule has 3 heteroatoms. The SMILES string of the molecule is CCN(c1ccccc1CCN)C(C)COC. The van der Waals surface area contributed by atoms with Crippen LogP contribution in [0.2, 0.25) is 0 Å². The topological polar surface area (TPSA) is 38.5 Å².